The maximum absolute atomic E-state index is 12.9. The van der Waals surface area contributed by atoms with Crippen LogP contribution in [0.5, 0.6) is 0 Å². The fraction of sp³-hybridized carbons (Fsp3) is 0.240. The Hall–Kier alpha value is -3.67. The van der Waals surface area contributed by atoms with Gasteiger partial charge < -0.3 is 5.32 Å². The van der Waals surface area contributed by atoms with Crippen LogP contribution >= 0.6 is 0 Å². The zero-order valence-electron chi connectivity index (χ0n) is 17.6. The Labute approximate surface area is 181 Å². The fourth-order valence-corrected chi connectivity index (χ4v) is 4.23. The standard InChI is InChI=1S/C25H25N5O/c1-18-8-5-6-12-22(18)30-23-13-7-11-21(23)24(28-30)25(31)26-16-14-19-15-17-29(27-19)20-9-3-2-4-10-20/h2-6,8-10,12,15,17H,7,11,13-14,16H2,1H3,(H,26,31). The predicted molar refractivity (Wildman–Crippen MR) is 120 cm³/mol. The number of fused-ring (bicyclic) bond motifs is 1. The second kappa shape index (κ2) is 8.22. The van der Waals surface area contributed by atoms with Crippen molar-refractivity contribution in [1.29, 1.82) is 0 Å². The van der Waals surface area contributed by atoms with Crippen molar-refractivity contribution >= 4 is 5.91 Å². The molecule has 5 rings (SSSR count). The van der Waals surface area contributed by atoms with E-state index < -0.39 is 0 Å². The Morgan fingerprint density at radius 1 is 1.00 bits per heavy atom. The lowest BCUT2D eigenvalue weighted by atomic mass is 10.1. The first kappa shape index (κ1) is 19.3. The molecule has 6 nitrogen and oxygen atoms in total. The molecule has 0 atom stereocenters. The number of aromatic nitrogens is 4. The first-order chi connectivity index (χ1) is 15.2. The van der Waals surface area contributed by atoms with Gasteiger partial charge in [0.1, 0.15) is 0 Å². The summed E-state index contributed by atoms with van der Waals surface area (Å²) in [5, 5.41) is 12.4. The quantitative estimate of drug-likeness (QED) is 0.524. The monoisotopic (exact) mass is 411 g/mol. The van der Waals surface area contributed by atoms with Crippen molar-refractivity contribution in [2.24, 2.45) is 0 Å². The number of nitrogens with one attached hydrogen (secondary N) is 1. The van der Waals surface area contributed by atoms with Crippen LogP contribution < -0.4 is 5.32 Å². The maximum Gasteiger partial charge on any atom is 0.272 e. The molecule has 31 heavy (non-hydrogen) atoms. The third-order valence-electron chi connectivity index (χ3n) is 5.82. The van der Waals surface area contributed by atoms with Crippen LogP contribution in [0.4, 0.5) is 0 Å². The molecule has 2 heterocycles. The van der Waals surface area contributed by atoms with Gasteiger partial charge in [-0.05, 0) is 56.0 Å². The first-order valence-electron chi connectivity index (χ1n) is 10.8. The lowest BCUT2D eigenvalue weighted by molar-refractivity contribution is 0.0947. The highest BCUT2D eigenvalue weighted by Gasteiger charge is 2.27. The van der Waals surface area contributed by atoms with Crippen molar-refractivity contribution in [3.63, 3.8) is 0 Å². The van der Waals surface area contributed by atoms with Gasteiger partial charge in [0.05, 0.1) is 17.1 Å². The number of hydrogen-bond donors (Lipinski definition) is 1. The van der Waals surface area contributed by atoms with Crippen LogP contribution in [0.15, 0.2) is 66.9 Å². The van der Waals surface area contributed by atoms with E-state index in [-0.39, 0.29) is 5.91 Å². The highest BCUT2D eigenvalue weighted by Crippen LogP contribution is 2.28. The van der Waals surface area contributed by atoms with Gasteiger partial charge in [0, 0.05) is 30.4 Å². The largest absolute Gasteiger partial charge is 0.350 e. The van der Waals surface area contributed by atoms with Crippen molar-refractivity contribution in [2.75, 3.05) is 6.54 Å². The third kappa shape index (κ3) is 3.77. The highest BCUT2D eigenvalue weighted by molar-refractivity contribution is 5.94. The molecule has 0 radical (unpaired) electrons. The van der Waals surface area contributed by atoms with Crippen molar-refractivity contribution in [3.05, 3.63) is 95.1 Å². The molecule has 1 amide bonds. The van der Waals surface area contributed by atoms with E-state index in [9.17, 15) is 4.79 Å². The number of benzene rings is 2. The minimum Gasteiger partial charge on any atom is -0.350 e. The summed E-state index contributed by atoms with van der Waals surface area (Å²) < 4.78 is 3.82. The summed E-state index contributed by atoms with van der Waals surface area (Å²) in [4.78, 5) is 12.9. The Kier molecular flexibility index (Phi) is 5.12. The molecule has 2 aromatic carbocycles. The molecule has 1 aliphatic carbocycles. The van der Waals surface area contributed by atoms with Gasteiger partial charge in [-0.15, -0.1) is 0 Å². The molecular weight excluding hydrogens is 386 g/mol. The molecular formula is C25H25N5O. The van der Waals surface area contributed by atoms with Gasteiger partial charge in [0.25, 0.3) is 5.91 Å². The van der Waals surface area contributed by atoms with Gasteiger partial charge in [0.15, 0.2) is 5.69 Å². The molecule has 0 fully saturated rings. The SMILES string of the molecule is Cc1ccccc1-n1nc(C(=O)NCCc2ccn(-c3ccccc3)n2)c2c1CCC2. The van der Waals surface area contributed by atoms with Crippen LogP contribution in [0.1, 0.15) is 39.4 Å². The van der Waals surface area contributed by atoms with Crippen LogP contribution in [0.2, 0.25) is 0 Å². The van der Waals surface area contributed by atoms with Gasteiger partial charge in [-0.1, -0.05) is 36.4 Å². The molecule has 1 N–H and O–H groups in total. The Balaban J connectivity index is 1.28. The first-order valence-corrected chi connectivity index (χ1v) is 10.8. The van der Waals surface area contributed by atoms with Crippen LogP contribution in [0, 0.1) is 6.92 Å². The van der Waals surface area contributed by atoms with Crippen LogP contribution in [-0.4, -0.2) is 32.0 Å². The zero-order chi connectivity index (χ0) is 21.2. The summed E-state index contributed by atoms with van der Waals surface area (Å²) in [7, 11) is 0. The summed E-state index contributed by atoms with van der Waals surface area (Å²) >= 11 is 0. The molecule has 4 aromatic rings. The van der Waals surface area contributed by atoms with Crippen molar-refractivity contribution in [2.45, 2.75) is 32.6 Å². The summed E-state index contributed by atoms with van der Waals surface area (Å²) in [6, 6.07) is 20.2. The van der Waals surface area contributed by atoms with Crippen LogP contribution in [-0.2, 0) is 19.3 Å². The Bertz CT molecular complexity index is 1220. The van der Waals surface area contributed by atoms with Gasteiger partial charge in [-0.25, -0.2) is 9.36 Å². The highest BCUT2D eigenvalue weighted by atomic mass is 16.1. The summed E-state index contributed by atoms with van der Waals surface area (Å²) in [5.41, 5.74) is 6.99. The molecule has 2 aromatic heterocycles. The number of rotatable bonds is 6. The molecule has 0 unspecified atom stereocenters. The average Bonchev–Trinajstić information content (AvgIpc) is 3.52. The van der Waals surface area contributed by atoms with Gasteiger partial charge in [-0.2, -0.15) is 10.2 Å². The number of amides is 1. The molecule has 0 spiro atoms. The summed E-state index contributed by atoms with van der Waals surface area (Å²) in [6.07, 6.45) is 5.55. The molecule has 156 valence electrons. The number of para-hydroxylation sites is 2. The van der Waals surface area contributed by atoms with Gasteiger partial charge in [-0.3, -0.25) is 4.79 Å². The molecule has 1 aliphatic rings. The number of carbonyl (C=O) groups is 1. The van der Waals surface area contributed by atoms with Crippen LogP contribution in [0.3, 0.4) is 0 Å². The number of aryl methyl sites for hydroxylation is 1. The van der Waals surface area contributed by atoms with E-state index in [1.807, 2.05) is 64.1 Å². The lowest BCUT2D eigenvalue weighted by Crippen LogP contribution is -2.27. The van der Waals surface area contributed by atoms with E-state index >= 15 is 0 Å². The van der Waals surface area contributed by atoms with Crippen molar-refractivity contribution < 1.29 is 4.79 Å². The molecule has 6 heteroatoms. The number of carbonyl (C=O) groups excluding carboxylic acids is 1. The van der Waals surface area contributed by atoms with E-state index in [1.54, 1.807) is 0 Å². The minimum absolute atomic E-state index is 0.104. The fourth-order valence-electron chi connectivity index (χ4n) is 4.23. The average molecular weight is 412 g/mol. The van der Waals surface area contributed by atoms with Crippen molar-refractivity contribution in [3.8, 4) is 11.4 Å². The lowest BCUT2D eigenvalue weighted by Gasteiger charge is -2.08. The molecule has 0 bridgehead atoms. The Morgan fingerprint density at radius 3 is 2.65 bits per heavy atom. The van der Waals surface area contributed by atoms with E-state index in [4.69, 9.17) is 5.10 Å². The van der Waals surface area contributed by atoms with E-state index in [1.165, 1.54) is 5.69 Å². The third-order valence-corrected chi connectivity index (χ3v) is 5.82. The summed E-state index contributed by atoms with van der Waals surface area (Å²) in [5.74, 6) is -0.104. The van der Waals surface area contributed by atoms with Crippen LogP contribution in [0.25, 0.3) is 11.4 Å². The van der Waals surface area contributed by atoms with E-state index in [2.05, 4.69) is 29.5 Å². The maximum atomic E-state index is 12.9. The minimum atomic E-state index is -0.104. The Morgan fingerprint density at radius 2 is 1.81 bits per heavy atom. The normalized spacial score (nSPS) is 12.7. The van der Waals surface area contributed by atoms with E-state index in [0.717, 1.165) is 47.5 Å². The second-order valence-electron chi connectivity index (χ2n) is 7.92. The van der Waals surface area contributed by atoms with Gasteiger partial charge in [0.2, 0.25) is 0 Å². The summed E-state index contributed by atoms with van der Waals surface area (Å²) in [6.45, 7) is 2.60. The van der Waals surface area contributed by atoms with Crippen molar-refractivity contribution in [1.82, 2.24) is 24.9 Å². The molecule has 0 saturated carbocycles. The molecule has 0 saturated heterocycles. The number of nitrogens with zero attached hydrogens (tertiary/aromatic N) is 4. The zero-order valence-corrected chi connectivity index (χ0v) is 17.6. The predicted octanol–water partition coefficient (Wildman–Crippen LogP) is 3.83. The second-order valence-corrected chi connectivity index (χ2v) is 7.92. The number of hydrogen-bond acceptors (Lipinski definition) is 3. The van der Waals surface area contributed by atoms with E-state index in [0.29, 0.717) is 18.7 Å². The smallest absolute Gasteiger partial charge is 0.272 e. The topological polar surface area (TPSA) is 64.7 Å². The van der Waals surface area contributed by atoms with Gasteiger partial charge >= 0.3 is 0 Å². The molecule has 0 aliphatic heterocycles.